The van der Waals surface area contributed by atoms with E-state index in [1.165, 1.54) is 66.1 Å². The van der Waals surface area contributed by atoms with Gasteiger partial charge in [0.05, 0.1) is 34.1 Å². The highest BCUT2D eigenvalue weighted by atomic mass is 16.3. The van der Waals surface area contributed by atoms with E-state index in [-0.39, 0.29) is 0 Å². The van der Waals surface area contributed by atoms with Crippen molar-refractivity contribution in [3.8, 4) is 22.3 Å². The number of aryl methyl sites for hydroxylation is 6. The van der Waals surface area contributed by atoms with Gasteiger partial charge in [-0.3, -0.25) is 0 Å². The van der Waals surface area contributed by atoms with Crippen LogP contribution in [0.4, 0.5) is 34.1 Å². The van der Waals surface area contributed by atoms with Crippen LogP contribution in [0.3, 0.4) is 0 Å². The van der Waals surface area contributed by atoms with Gasteiger partial charge in [-0.25, -0.2) is 0 Å². The van der Waals surface area contributed by atoms with Gasteiger partial charge in [-0.2, -0.15) is 0 Å². The molecule has 2 aromatic heterocycles. The summed E-state index contributed by atoms with van der Waals surface area (Å²) in [6.45, 7) is 13.2. The lowest BCUT2D eigenvalue weighted by atomic mass is 9.91. The average molecular weight is 953 g/mol. The fourth-order valence-electron chi connectivity index (χ4n) is 12.4. The van der Waals surface area contributed by atoms with E-state index < -0.39 is 0 Å². The van der Waals surface area contributed by atoms with Crippen molar-refractivity contribution >= 4 is 110 Å². The number of fused-ring (bicyclic) bond motifs is 6. The first-order valence-corrected chi connectivity index (χ1v) is 25.7. The molecule has 14 rings (SSSR count). The zero-order valence-corrected chi connectivity index (χ0v) is 42.3. The van der Waals surface area contributed by atoms with Crippen molar-refractivity contribution in [2.75, 3.05) is 9.80 Å². The molecular weight excluding hydrogens is 901 g/mol. The minimum Gasteiger partial charge on any atom is -0.453 e. The van der Waals surface area contributed by atoms with E-state index in [9.17, 15) is 0 Å². The number of para-hydroxylation sites is 6. The molecule has 0 spiro atoms. The largest absolute Gasteiger partial charge is 0.453 e. The molecule has 0 amide bonds. The van der Waals surface area contributed by atoms with Gasteiger partial charge in [-0.05, 0) is 132 Å². The zero-order valence-electron chi connectivity index (χ0n) is 42.3. The third-order valence-corrected chi connectivity index (χ3v) is 15.8. The number of furan rings is 2. The van der Waals surface area contributed by atoms with Crippen molar-refractivity contribution in [2.45, 2.75) is 41.5 Å². The molecule has 0 fully saturated rings. The van der Waals surface area contributed by atoms with Gasteiger partial charge in [0, 0.05) is 43.4 Å². The van der Waals surface area contributed by atoms with Gasteiger partial charge >= 0.3 is 0 Å². The zero-order chi connectivity index (χ0) is 49.9. The number of anilines is 6. The van der Waals surface area contributed by atoms with Crippen molar-refractivity contribution in [1.29, 1.82) is 0 Å². The normalized spacial score (nSPS) is 11.9. The Balaban J connectivity index is 1.03. The van der Waals surface area contributed by atoms with Crippen molar-refractivity contribution in [3.05, 3.63) is 240 Å². The van der Waals surface area contributed by atoms with Crippen LogP contribution in [0.5, 0.6) is 0 Å². The van der Waals surface area contributed by atoms with E-state index in [1.807, 2.05) is 0 Å². The topological polar surface area (TPSA) is 32.8 Å². The third-order valence-electron chi connectivity index (χ3n) is 15.8. The quantitative estimate of drug-likeness (QED) is 0.142. The maximum absolute atomic E-state index is 7.23. The van der Waals surface area contributed by atoms with Crippen LogP contribution in [0, 0.1) is 41.5 Å². The summed E-state index contributed by atoms with van der Waals surface area (Å²) in [5.74, 6) is 0. The second-order valence-corrected chi connectivity index (χ2v) is 20.2. The number of nitrogens with zero attached hydrogens (tertiary/aromatic N) is 2. The Kier molecular flexibility index (Phi) is 9.87. The molecular formula is C70H52N2O2. The highest BCUT2D eigenvalue weighted by Gasteiger charge is 2.28. The van der Waals surface area contributed by atoms with Gasteiger partial charge in [0.2, 0.25) is 0 Å². The number of hydrogen-bond acceptors (Lipinski definition) is 4. The Morgan fingerprint density at radius 2 is 0.568 bits per heavy atom. The van der Waals surface area contributed by atoms with Crippen LogP contribution in [-0.2, 0) is 0 Å². The van der Waals surface area contributed by atoms with Crippen LogP contribution in [0.1, 0.15) is 33.4 Å². The molecule has 14 aromatic rings. The molecule has 74 heavy (non-hydrogen) atoms. The molecule has 354 valence electrons. The maximum atomic E-state index is 7.23. The molecule has 0 bridgehead atoms. The standard InChI is InChI=1S/C70H52N2O2/c1-41-17-7-9-23-49(41)51-25-13-27-53-55-29-15-31-61(69(55)73-67(51)53)71(65-43(3)19-11-20-44(65)4)59-39-35-47-34-38-58-60(40-36-48-33-37-57(59)63(47)64(48)58)72(66-45(5)21-12-22-46(66)6)62-32-16-30-56-54-28-14-26-52(68(54)74-70(56)62)50-24-10-8-18-42(50)2/h7-40H,1-6H3. The molecule has 0 atom stereocenters. The molecule has 4 heteroatoms. The van der Waals surface area contributed by atoms with Gasteiger partial charge in [-0.1, -0.05) is 182 Å². The number of rotatable bonds is 8. The summed E-state index contributed by atoms with van der Waals surface area (Å²) in [7, 11) is 0. The summed E-state index contributed by atoms with van der Waals surface area (Å²) < 4.78 is 14.5. The predicted octanol–water partition coefficient (Wildman–Crippen LogP) is 20.5. The Labute approximate surface area is 430 Å². The second-order valence-electron chi connectivity index (χ2n) is 20.2. The highest BCUT2D eigenvalue weighted by molar-refractivity contribution is 6.29. The second kappa shape index (κ2) is 16.7. The SMILES string of the molecule is Cc1ccccc1-c1cccc2c1oc1c(N(c3c(C)cccc3C)c3ccc4ccc5c(N(c6c(C)cccc6C)c6cccc7c6oc6c(-c8ccccc8C)cccc67)ccc6ccc3c4c65)cccc12. The molecule has 0 aliphatic heterocycles. The molecule has 0 N–H and O–H groups in total. The summed E-state index contributed by atoms with van der Waals surface area (Å²) in [5, 5.41) is 11.5. The van der Waals surface area contributed by atoms with E-state index in [2.05, 4.69) is 258 Å². The van der Waals surface area contributed by atoms with Crippen LogP contribution in [0.2, 0.25) is 0 Å². The van der Waals surface area contributed by atoms with E-state index in [0.717, 1.165) is 99.9 Å². The Bertz CT molecular complexity index is 4260. The van der Waals surface area contributed by atoms with Gasteiger partial charge in [0.15, 0.2) is 11.2 Å². The van der Waals surface area contributed by atoms with Crippen molar-refractivity contribution in [3.63, 3.8) is 0 Å². The fourth-order valence-corrected chi connectivity index (χ4v) is 12.4. The Hall–Kier alpha value is -9.12. The maximum Gasteiger partial charge on any atom is 0.159 e. The molecule has 0 unspecified atom stereocenters. The fraction of sp³-hybridized carbons (Fsp3) is 0.0857. The van der Waals surface area contributed by atoms with Gasteiger partial charge in [0.25, 0.3) is 0 Å². The van der Waals surface area contributed by atoms with Crippen LogP contribution < -0.4 is 9.80 Å². The first kappa shape index (κ1) is 43.7. The molecule has 12 aromatic carbocycles. The third kappa shape index (κ3) is 6.47. The lowest BCUT2D eigenvalue weighted by Gasteiger charge is -2.31. The summed E-state index contributed by atoms with van der Waals surface area (Å²) in [4.78, 5) is 4.93. The number of benzene rings is 12. The average Bonchev–Trinajstić information content (AvgIpc) is 4.02. The molecule has 0 saturated heterocycles. The van der Waals surface area contributed by atoms with Crippen molar-refractivity contribution < 1.29 is 8.83 Å². The molecule has 0 radical (unpaired) electrons. The Morgan fingerprint density at radius 3 is 0.973 bits per heavy atom. The first-order valence-electron chi connectivity index (χ1n) is 25.7. The minimum atomic E-state index is 0.856. The van der Waals surface area contributed by atoms with Crippen molar-refractivity contribution in [1.82, 2.24) is 0 Å². The monoisotopic (exact) mass is 952 g/mol. The molecule has 2 heterocycles. The van der Waals surface area contributed by atoms with Crippen molar-refractivity contribution in [2.24, 2.45) is 0 Å². The minimum absolute atomic E-state index is 0.856. The summed E-state index contributed by atoms with van der Waals surface area (Å²) in [6, 6.07) is 75.2. The Morgan fingerprint density at radius 1 is 0.243 bits per heavy atom. The lowest BCUT2D eigenvalue weighted by Crippen LogP contribution is -2.14. The van der Waals surface area contributed by atoms with E-state index >= 15 is 0 Å². The number of hydrogen-bond donors (Lipinski definition) is 0. The van der Waals surface area contributed by atoms with E-state index in [4.69, 9.17) is 8.83 Å². The predicted molar refractivity (Wildman–Crippen MR) is 313 cm³/mol. The summed E-state index contributed by atoms with van der Waals surface area (Å²) >= 11 is 0. The first-order chi connectivity index (χ1) is 36.2. The molecule has 0 saturated carbocycles. The van der Waals surface area contributed by atoms with Crippen LogP contribution in [0.15, 0.2) is 215 Å². The smallest absolute Gasteiger partial charge is 0.159 e. The summed E-state index contributed by atoms with van der Waals surface area (Å²) in [6.07, 6.45) is 0. The van der Waals surface area contributed by atoms with E-state index in [1.54, 1.807) is 0 Å². The van der Waals surface area contributed by atoms with Crippen LogP contribution in [-0.4, -0.2) is 0 Å². The highest BCUT2D eigenvalue weighted by Crippen LogP contribution is 2.52. The molecule has 0 aliphatic rings. The van der Waals surface area contributed by atoms with Gasteiger partial charge < -0.3 is 18.6 Å². The van der Waals surface area contributed by atoms with Gasteiger partial charge in [-0.15, -0.1) is 0 Å². The molecule has 0 aliphatic carbocycles. The lowest BCUT2D eigenvalue weighted by molar-refractivity contribution is 0.669. The molecule has 4 nitrogen and oxygen atoms in total. The summed E-state index contributed by atoms with van der Waals surface area (Å²) in [5.41, 5.74) is 21.6. The van der Waals surface area contributed by atoms with Gasteiger partial charge in [0.1, 0.15) is 11.2 Å². The van der Waals surface area contributed by atoms with Crippen LogP contribution >= 0.6 is 0 Å². The van der Waals surface area contributed by atoms with Crippen LogP contribution in [0.25, 0.3) is 98.4 Å². The van der Waals surface area contributed by atoms with E-state index in [0.29, 0.717) is 0 Å².